The smallest absolute Gasteiger partial charge is 0.335 e. The molecule has 0 fully saturated rings. The molecule has 25 heavy (non-hydrogen) atoms. The van der Waals surface area contributed by atoms with Crippen LogP contribution < -0.4 is 5.32 Å². The van der Waals surface area contributed by atoms with Gasteiger partial charge in [-0.15, -0.1) is 0 Å². The van der Waals surface area contributed by atoms with Crippen LogP contribution in [0, 0.1) is 0 Å². The van der Waals surface area contributed by atoms with Crippen molar-refractivity contribution < 1.29 is 18.7 Å². The molecule has 1 atom stereocenters. The molecule has 136 valence electrons. The third kappa shape index (κ3) is 8.31. The number of benzene rings is 1. The van der Waals surface area contributed by atoms with Gasteiger partial charge in [-0.25, -0.2) is 9.18 Å². The highest BCUT2D eigenvalue weighted by molar-refractivity contribution is 5.75. The first-order valence-corrected chi connectivity index (χ1v) is 8.27. The fourth-order valence-electron chi connectivity index (χ4n) is 2.10. The van der Waals surface area contributed by atoms with Crippen LogP contribution in [0.4, 0.5) is 10.1 Å². The summed E-state index contributed by atoms with van der Waals surface area (Å²) in [4.78, 5) is 11.9. The molecule has 0 aliphatic carbocycles. The van der Waals surface area contributed by atoms with Crippen molar-refractivity contribution in [1.82, 2.24) is 0 Å². The van der Waals surface area contributed by atoms with Crippen molar-refractivity contribution in [2.75, 3.05) is 25.1 Å². The highest BCUT2D eigenvalue weighted by Gasteiger charge is 2.20. The molecule has 0 aliphatic rings. The molecule has 0 amide bonds. The number of halogens is 1. The molecular weight excluding hydrogens is 321 g/mol. The fraction of sp³-hybridized carbons (Fsp3) is 0.350. The minimum atomic E-state index is -0.595. The molecule has 0 spiro atoms. The molecule has 0 saturated heterocycles. The van der Waals surface area contributed by atoms with Crippen LogP contribution in [0.5, 0.6) is 0 Å². The fourth-order valence-corrected chi connectivity index (χ4v) is 2.10. The lowest BCUT2D eigenvalue weighted by molar-refractivity contribution is -0.156. The van der Waals surface area contributed by atoms with Crippen molar-refractivity contribution in [1.29, 1.82) is 0 Å². The van der Waals surface area contributed by atoms with Gasteiger partial charge in [0.1, 0.15) is 5.83 Å². The molecule has 0 aromatic heterocycles. The summed E-state index contributed by atoms with van der Waals surface area (Å²) in [6.45, 7) is 11.9. The Labute approximate surface area is 149 Å². The average Bonchev–Trinajstić information content (AvgIpc) is 2.59. The summed E-state index contributed by atoms with van der Waals surface area (Å²) in [6, 6.07) is 7.67. The first-order valence-electron chi connectivity index (χ1n) is 8.27. The van der Waals surface area contributed by atoms with Crippen molar-refractivity contribution in [2.24, 2.45) is 0 Å². The van der Waals surface area contributed by atoms with Gasteiger partial charge in [0.2, 0.25) is 0 Å². The Bertz CT molecular complexity index is 608. The van der Waals surface area contributed by atoms with E-state index in [0.717, 1.165) is 16.8 Å². The van der Waals surface area contributed by atoms with E-state index in [4.69, 9.17) is 9.47 Å². The SMILES string of the molecule is C=C(F)/C=C\C(=C)CNc1ccc(CC(OCC)C(=O)OCC)cc1. The van der Waals surface area contributed by atoms with E-state index in [9.17, 15) is 9.18 Å². The number of carbonyl (C=O) groups excluding carboxylic acids is 1. The number of hydrogen-bond acceptors (Lipinski definition) is 4. The molecular formula is C20H26FNO3. The number of allylic oxidation sites excluding steroid dienone is 2. The number of ether oxygens (including phenoxy) is 2. The van der Waals surface area contributed by atoms with Crippen LogP contribution in [0.1, 0.15) is 19.4 Å². The van der Waals surface area contributed by atoms with Crippen LogP contribution in [0.3, 0.4) is 0 Å². The molecule has 1 rings (SSSR count). The van der Waals surface area contributed by atoms with Crippen molar-refractivity contribution >= 4 is 11.7 Å². The van der Waals surface area contributed by atoms with E-state index in [1.54, 1.807) is 13.0 Å². The largest absolute Gasteiger partial charge is 0.464 e. The molecule has 0 heterocycles. The van der Waals surface area contributed by atoms with E-state index < -0.39 is 11.9 Å². The van der Waals surface area contributed by atoms with Gasteiger partial charge >= 0.3 is 5.97 Å². The molecule has 0 bridgehead atoms. The third-order valence-corrected chi connectivity index (χ3v) is 3.31. The van der Waals surface area contributed by atoms with Crippen molar-refractivity contribution in [2.45, 2.75) is 26.4 Å². The van der Waals surface area contributed by atoms with E-state index in [-0.39, 0.29) is 5.97 Å². The second-order valence-electron chi connectivity index (χ2n) is 5.39. The molecule has 0 saturated carbocycles. The molecule has 5 heteroatoms. The normalized spacial score (nSPS) is 12.0. The molecule has 1 N–H and O–H groups in total. The maximum Gasteiger partial charge on any atom is 0.335 e. The van der Waals surface area contributed by atoms with Gasteiger partial charge in [0.05, 0.1) is 6.61 Å². The highest BCUT2D eigenvalue weighted by atomic mass is 19.1. The topological polar surface area (TPSA) is 47.6 Å². The molecule has 1 aromatic rings. The minimum Gasteiger partial charge on any atom is -0.464 e. The molecule has 1 aromatic carbocycles. The van der Waals surface area contributed by atoms with Crippen LogP contribution in [0.25, 0.3) is 0 Å². The number of esters is 1. The first kappa shape index (κ1) is 20.6. The van der Waals surface area contributed by atoms with E-state index in [0.29, 0.717) is 26.2 Å². The predicted octanol–water partition coefficient (Wildman–Crippen LogP) is 4.20. The lowest BCUT2D eigenvalue weighted by atomic mass is 10.1. The number of hydrogen-bond donors (Lipinski definition) is 1. The van der Waals surface area contributed by atoms with E-state index in [1.807, 2.05) is 31.2 Å². The van der Waals surface area contributed by atoms with Crippen LogP contribution in [0.2, 0.25) is 0 Å². The summed E-state index contributed by atoms with van der Waals surface area (Å²) in [5.74, 6) is -0.847. The Hall–Kier alpha value is -2.40. The van der Waals surface area contributed by atoms with E-state index in [2.05, 4.69) is 18.5 Å². The molecule has 0 radical (unpaired) electrons. The Morgan fingerprint density at radius 1 is 1.20 bits per heavy atom. The van der Waals surface area contributed by atoms with Crippen molar-refractivity contribution in [3.63, 3.8) is 0 Å². The van der Waals surface area contributed by atoms with Gasteiger partial charge in [-0.05, 0) is 43.2 Å². The predicted molar refractivity (Wildman–Crippen MR) is 99.2 cm³/mol. The van der Waals surface area contributed by atoms with E-state index >= 15 is 0 Å². The molecule has 1 unspecified atom stereocenters. The Kier molecular flexibility index (Phi) is 9.25. The number of rotatable bonds is 11. The van der Waals surface area contributed by atoms with Crippen molar-refractivity contribution in [3.05, 3.63) is 66.5 Å². The number of anilines is 1. The number of nitrogens with one attached hydrogen (secondary N) is 1. The number of carbonyl (C=O) groups is 1. The summed E-state index contributed by atoms with van der Waals surface area (Å²) in [5.41, 5.74) is 2.62. The first-order chi connectivity index (χ1) is 12.0. The zero-order valence-electron chi connectivity index (χ0n) is 14.9. The van der Waals surface area contributed by atoms with Gasteiger partial charge in [-0.3, -0.25) is 0 Å². The van der Waals surface area contributed by atoms with Crippen LogP contribution in [-0.4, -0.2) is 31.8 Å². The summed E-state index contributed by atoms with van der Waals surface area (Å²) in [7, 11) is 0. The highest BCUT2D eigenvalue weighted by Crippen LogP contribution is 2.14. The van der Waals surface area contributed by atoms with Crippen LogP contribution in [0.15, 0.2) is 61.0 Å². The van der Waals surface area contributed by atoms with Crippen LogP contribution in [-0.2, 0) is 20.7 Å². The lowest BCUT2D eigenvalue weighted by Crippen LogP contribution is -2.28. The van der Waals surface area contributed by atoms with E-state index in [1.165, 1.54) is 6.08 Å². The van der Waals surface area contributed by atoms with Crippen molar-refractivity contribution in [3.8, 4) is 0 Å². The van der Waals surface area contributed by atoms with Gasteiger partial charge in [-0.1, -0.05) is 31.4 Å². The second-order valence-corrected chi connectivity index (χ2v) is 5.39. The summed E-state index contributed by atoms with van der Waals surface area (Å²) in [5, 5.41) is 3.19. The average molecular weight is 347 g/mol. The monoisotopic (exact) mass is 347 g/mol. The second kappa shape index (κ2) is 11.2. The summed E-state index contributed by atoms with van der Waals surface area (Å²) < 4.78 is 23.0. The van der Waals surface area contributed by atoms with Gasteiger partial charge in [0.25, 0.3) is 0 Å². The third-order valence-electron chi connectivity index (χ3n) is 3.31. The van der Waals surface area contributed by atoms with Crippen LogP contribution >= 0.6 is 0 Å². The van der Waals surface area contributed by atoms with Gasteiger partial charge in [0, 0.05) is 25.3 Å². The van der Waals surface area contributed by atoms with Gasteiger partial charge in [-0.2, -0.15) is 0 Å². The maximum atomic E-state index is 12.5. The zero-order chi connectivity index (χ0) is 18.7. The van der Waals surface area contributed by atoms with Gasteiger partial charge in [0.15, 0.2) is 6.10 Å². The summed E-state index contributed by atoms with van der Waals surface area (Å²) >= 11 is 0. The standard InChI is InChI=1S/C20H26FNO3/c1-5-24-19(20(23)25-6-2)13-17-9-11-18(12-10-17)22-14-15(3)7-8-16(4)21/h7-12,19,22H,3-6,13-14H2,1-2H3/b8-7-. The Balaban J connectivity index is 2.58. The maximum absolute atomic E-state index is 12.5. The Morgan fingerprint density at radius 3 is 2.44 bits per heavy atom. The molecule has 4 nitrogen and oxygen atoms in total. The minimum absolute atomic E-state index is 0.333. The lowest BCUT2D eigenvalue weighted by Gasteiger charge is -2.16. The zero-order valence-corrected chi connectivity index (χ0v) is 14.9. The quantitative estimate of drug-likeness (QED) is 0.481. The Morgan fingerprint density at radius 2 is 1.88 bits per heavy atom. The van der Waals surface area contributed by atoms with Gasteiger partial charge < -0.3 is 14.8 Å². The molecule has 0 aliphatic heterocycles. The summed E-state index contributed by atoms with van der Waals surface area (Å²) in [6.07, 6.45) is 2.72.